The first-order chi connectivity index (χ1) is 17.2. The molecule has 2 aliphatic heterocycles. The molecule has 4 atom stereocenters. The predicted molar refractivity (Wildman–Crippen MR) is 135 cm³/mol. The SMILES string of the molecule is CCNCc1cncc(C2CC3C(CN2)NNC3c2cc3c(-c4ccccc4F)ccnc3[nH]2)c1. The number of fused-ring (bicyclic) bond motifs is 2. The molecule has 0 bridgehead atoms. The van der Waals surface area contributed by atoms with E-state index in [2.05, 4.69) is 55.5 Å². The van der Waals surface area contributed by atoms with Crippen molar-refractivity contribution in [1.82, 2.24) is 36.4 Å². The first kappa shape index (κ1) is 22.3. The highest BCUT2D eigenvalue weighted by Crippen LogP contribution is 2.40. The molecule has 5 N–H and O–H groups in total. The van der Waals surface area contributed by atoms with E-state index in [0.717, 1.165) is 48.3 Å². The lowest BCUT2D eigenvalue weighted by Gasteiger charge is -2.34. The summed E-state index contributed by atoms with van der Waals surface area (Å²) in [5.74, 6) is 0.151. The summed E-state index contributed by atoms with van der Waals surface area (Å²) >= 11 is 0. The number of hydrogen-bond donors (Lipinski definition) is 5. The van der Waals surface area contributed by atoms with Gasteiger partial charge in [-0.1, -0.05) is 25.1 Å². The Balaban J connectivity index is 1.28. The van der Waals surface area contributed by atoms with E-state index >= 15 is 0 Å². The number of aromatic nitrogens is 3. The molecule has 180 valence electrons. The monoisotopic (exact) mass is 471 g/mol. The number of benzene rings is 1. The van der Waals surface area contributed by atoms with Crippen LogP contribution < -0.4 is 21.5 Å². The second kappa shape index (κ2) is 9.47. The van der Waals surface area contributed by atoms with Gasteiger partial charge in [0, 0.05) is 66.3 Å². The van der Waals surface area contributed by atoms with Gasteiger partial charge in [-0.2, -0.15) is 0 Å². The van der Waals surface area contributed by atoms with E-state index in [4.69, 9.17) is 0 Å². The quantitative estimate of drug-likeness (QED) is 0.294. The fourth-order valence-electron chi connectivity index (χ4n) is 5.53. The van der Waals surface area contributed by atoms with Crippen molar-refractivity contribution < 1.29 is 4.39 Å². The zero-order valence-corrected chi connectivity index (χ0v) is 19.7. The Morgan fingerprint density at radius 2 is 2.00 bits per heavy atom. The summed E-state index contributed by atoms with van der Waals surface area (Å²) in [6, 6.07) is 13.8. The Hall–Kier alpha value is -3.17. The van der Waals surface area contributed by atoms with Gasteiger partial charge < -0.3 is 15.6 Å². The molecule has 8 heteroatoms. The van der Waals surface area contributed by atoms with E-state index in [0.29, 0.717) is 17.5 Å². The lowest BCUT2D eigenvalue weighted by Crippen LogP contribution is -2.46. The number of H-pyrrole nitrogens is 1. The lowest BCUT2D eigenvalue weighted by molar-refractivity contribution is 0.265. The normalized spacial score (nSPS) is 24.1. The predicted octanol–water partition coefficient (Wildman–Crippen LogP) is 3.74. The highest BCUT2D eigenvalue weighted by atomic mass is 19.1. The summed E-state index contributed by atoms with van der Waals surface area (Å²) in [6.07, 6.45) is 6.63. The van der Waals surface area contributed by atoms with Gasteiger partial charge >= 0.3 is 0 Å². The Kier molecular flexibility index (Phi) is 6.03. The summed E-state index contributed by atoms with van der Waals surface area (Å²) in [4.78, 5) is 12.5. The van der Waals surface area contributed by atoms with Crippen molar-refractivity contribution in [2.24, 2.45) is 5.92 Å². The van der Waals surface area contributed by atoms with Crippen molar-refractivity contribution in [2.75, 3.05) is 13.1 Å². The van der Waals surface area contributed by atoms with Crippen molar-refractivity contribution >= 4 is 11.0 Å². The Labute approximate surface area is 203 Å². The van der Waals surface area contributed by atoms with E-state index < -0.39 is 0 Å². The molecule has 5 heterocycles. The molecule has 35 heavy (non-hydrogen) atoms. The van der Waals surface area contributed by atoms with Crippen LogP contribution in [0.1, 0.15) is 42.2 Å². The molecule has 6 rings (SSSR count). The topological polar surface area (TPSA) is 89.7 Å². The summed E-state index contributed by atoms with van der Waals surface area (Å²) < 4.78 is 14.6. The van der Waals surface area contributed by atoms with Crippen LogP contribution in [0, 0.1) is 11.7 Å². The fourth-order valence-corrected chi connectivity index (χ4v) is 5.53. The van der Waals surface area contributed by atoms with Crippen LogP contribution in [0.15, 0.2) is 61.1 Å². The third-order valence-electron chi connectivity index (χ3n) is 7.31. The van der Waals surface area contributed by atoms with Gasteiger partial charge in [-0.25, -0.2) is 14.8 Å². The minimum Gasteiger partial charge on any atom is -0.342 e. The Morgan fingerprint density at radius 3 is 2.89 bits per heavy atom. The van der Waals surface area contributed by atoms with Crippen LogP contribution in [0.4, 0.5) is 4.39 Å². The average molecular weight is 472 g/mol. The molecule has 0 saturated carbocycles. The van der Waals surface area contributed by atoms with Crippen LogP contribution in [-0.4, -0.2) is 34.1 Å². The van der Waals surface area contributed by atoms with Crippen molar-refractivity contribution in [3.05, 3.63) is 83.7 Å². The number of nitrogens with zero attached hydrogens (tertiary/aromatic N) is 2. The molecular weight excluding hydrogens is 441 g/mol. The van der Waals surface area contributed by atoms with E-state index in [1.165, 1.54) is 17.2 Å². The number of piperidine rings is 1. The second-order valence-corrected chi connectivity index (χ2v) is 9.47. The molecular formula is C27H30FN7. The minimum atomic E-state index is -0.227. The van der Waals surface area contributed by atoms with Gasteiger partial charge in [-0.3, -0.25) is 10.4 Å². The first-order valence-corrected chi connectivity index (χ1v) is 12.3. The van der Waals surface area contributed by atoms with Crippen molar-refractivity contribution in [3.8, 4) is 11.1 Å². The van der Waals surface area contributed by atoms with Gasteiger partial charge in [0.2, 0.25) is 0 Å². The number of aromatic amines is 1. The maximum atomic E-state index is 14.6. The Morgan fingerprint density at radius 1 is 1.09 bits per heavy atom. The van der Waals surface area contributed by atoms with Crippen LogP contribution in [0.5, 0.6) is 0 Å². The van der Waals surface area contributed by atoms with Gasteiger partial charge in [0.1, 0.15) is 11.5 Å². The molecule has 4 unspecified atom stereocenters. The number of rotatable bonds is 6. The number of nitrogens with one attached hydrogen (secondary N) is 5. The highest BCUT2D eigenvalue weighted by Gasteiger charge is 2.42. The average Bonchev–Trinajstić information content (AvgIpc) is 3.51. The van der Waals surface area contributed by atoms with Crippen molar-refractivity contribution in [2.45, 2.75) is 38.0 Å². The summed E-state index contributed by atoms with van der Waals surface area (Å²) in [7, 11) is 0. The first-order valence-electron chi connectivity index (χ1n) is 12.3. The molecule has 2 fully saturated rings. The molecule has 0 spiro atoms. The molecule has 2 aliphatic rings. The third kappa shape index (κ3) is 4.23. The standard InChI is InChI=1S/C27H30FN7/c1-2-29-12-16-9-17(14-30-13-16)23-11-21-25(15-32-23)34-35-26(21)24-10-20-18(7-8-31-27(20)33-24)19-5-3-4-6-22(19)28/h3-10,13-14,21,23,25-26,29,32,34-35H,2,11-12,15H2,1H3,(H,31,33). The number of pyridine rings is 2. The van der Waals surface area contributed by atoms with E-state index in [1.54, 1.807) is 12.3 Å². The number of hydrazine groups is 1. The van der Waals surface area contributed by atoms with E-state index in [9.17, 15) is 4.39 Å². The van der Waals surface area contributed by atoms with Crippen molar-refractivity contribution in [1.29, 1.82) is 0 Å². The molecule has 0 amide bonds. The third-order valence-corrected chi connectivity index (χ3v) is 7.31. The van der Waals surface area contributed by atoms with Gasteiger partial charge in [-0.05, 0) is 53.9 Å². The van der Waals surface area contributed by atoms with Crippen LogP contribution in [0.2, 0.25) is 0 Å². The molecule has 3 aromatic heterocycles. The van der Waals surface area contributed by atoms with Crippen molar-refractivity contribution in [3.63, 3.8) is 0 Å². The summed E-state index contributed by atoms with van der Waals surface area (Å²) in [5, 5.41) is 8.01. The van der Waals surface area contributed by atoms with E-state index in [1.807, 2.05) is 30.6 Å². The van der Waals surface area contributed by atoms with Gasteiger partial charge in [0.05, 0.1) is 6.04 Å². The molecule has 4 aromatic rings. The zero-order chi connectivity index (χ0) is 23.8. The van der Waals surface area contributed by atoms with Crippen LogP contribution in [-0.2, 0) is 6.54 Å². The van der Waals surface area contributed by atoms with Gasteiger partial charge in [0.25, 0.3) is 0 Å². The van der Waals surface area contributed by atoms with Gasteiger partial charge in [0.15, 0.2) is 0 Å². The maximum Gasteiger partial charge on any atom is 0.138 e. The van der Waals surface area contributed by atoms with Gasteiger partial charge in [-0.15, -0.1) is 0 Å². The summed E-state index contributed by atoms with van der Waals surface area (Å²) in [6.45, 7) is 4.75. The Bertz CT molecular complexity index is 1340. The van der Waals surface area contributed by atoms with Crippen LogP contribution in [0.25, 0.3) is 22.2 Å². The zero-order valence-electron chi connectivity index (χ0n) is 19.7. The molecule has 2 saturated heterocycles. The van der Waals surface area contributed by atoms with E-state index in [-0.39, 0.29) is 17.9 Å². The fraction of sp³-hybridized carbons (Fsp3) is 0.333. The van der Waals surface area contributed by atoms with Crippen LogP contribution in [0.3, 0.4) is 0 Å². The number of hydrogen-bond acceptors (Lipinski definition) is 6. The smallest absolute Gasteiger partial charge is 0.138 e. The summed E-state index contributed by atoms with van der Waals surface area (Å²) in [5.41, 5.74) is 12.7. The molecule has 0 aliphatic carbocycles. The maximum absolute atomic E-state index is 14.6. The number of halogens is 1. The lowest BCUT2D eigenvalue weighted by atomic mass is 9.81. The highest BCUT2D eigenvalue weighted by molar-refractivity contribution is 5.93. The largest absolute Gasteiger partial charge is 0.342 e. The molecule has 0 radical (unpaired) electrons. The molecule has 7 nitrogen and oxygen atoms in total. The molecule has 1 aromatic carbocycles. The van der Waals surface area contributed by atoms with Crippen LogP contribution >= 0.6 is 0 Å². The minimum absolute atomic E-state index is 0.102. The second-order valence-electron chi connectivity index (χ2n) is 9.47.